The van der Waals surface area contributed by atoms with Gasteiger partial charge in [0.2, 0.25) is 5.91 Å². The number of carbonyl (C=O) groups is 1. The van der Waals surface area contributed by atoms with Gasteiger partial charge in [-0.1, -0.05) is 43.7 Å². The van der Waals surface area contributed by atoms with Gasteiger partial charge in [-0.3, -0.25) is 4.79 Å². The van der Waals surface area contributed by atoms with Crippen LogP contribution in [0.15, 0.2) is 24.3 Å². The predicted molar refractivity (Wildman–Crippen MR) is 82.3 cm³/mol. The van der Waals surface area contributed by atoms with Crippen LogP contribution in [0.25, 0.3) is 0 Å². The summed E-state index contributed by atoms with van der Waals surface area (Å²) in [5.74, 6) is 0.703. The summed E-state index contributed by atoms with van der Waals surface area (Å²) in [6.45, 7) is 7.17. The molecule has 3 nitrogen and oxygen atoms in total. The van der Waals surface area contributed by atoms with Gasteiger partial charge in [0.15, 0.2) is 0 Å². The van der Waals surface area contributed by atoms with Gasteiger partial charge in [-0.15, -0.1) is 0 Å². The second-order valence-corrected chi connectivity index (χ2v) is 6.36. The Balaban J connectivity index is 2.38. The maximum Gasteiger partial charge on any atom is 0.223 e. The van der Waals surface area contributed by atoms with Gasteiger partial charge in [0.1, 0.15) is 0 Å². The minimum atomic E-state index is 0.0206. The normalized spacial score (nSPS) is 24.1. The first-order chi connectivity index (χ1) is 9.49. The first-order valence-corrected chi connectivity index (χ1v) is 7.60. The van der Waals surface area contributed by atoms with E-state index in [-0.39, 0.29) is 18.0 Å². The third-order valence-corrected chi connectivity index (χ3v) is 3.94. The van der Waals surface area contributed by atoms with Crippen LogP contribution in [0.4, 0.5) is 0 Å². The molecule has 1 aromatic rings. The summed E-state index contributed by atoms with van der Waals surface area (Å²) < 4.78 is 0. The van der Waals surface area contributed by atoms with Crippen LogP contribution >= 0.6 is 0 Å². The van der Waals surface area contributed by atoms with E-state index in [1.165, 1.54) is 11.1 Å². The Morgan fingerprint density at radius 1 is 1.40 bits per heavy atom. The second kappa shape index (κ2) is 6.40. The number of rotatable bonds is 3. The van der Waals surface area contributed by atoms with Crippen LogP contribution in [0, 0.1) is 12.8 Å². The molecule has 1 heterocycles. The molecular formula is C17H26N2O. The molecule has 1 saturated heterocycles. The maximum absolute atomic E-state index is 12.4. The Labute approximate surface area is 122 Å². The Morgan fingerprint density at radius 2 is 2.15 bits per heavy atom. The molecule has 110 valence electrons. The zero-order chi connectivity index (χ0) is 14.7. The molecule has 0 bridgehead atoms. The molecule has 2 N–H and O–H groups in total. The lowest BCUT2D eigenvalue weighted by atomic mass is 9.94. The third-order valence-electron chi connectivity index (χ3n) is 3.94. The minimum Gasteiger partial charge on any atom is -0.334 e. The van der Waals surface area contributed by atoms with Crippen LogP contribution in [0.2, 0.25) is 0 Å². The van der Waals surface area contributed by atoms with Crippen molar-refractivity contribution in [3.05, 3.63) is 35.4 Å². The molecule has 1 fully saturated rings. The van der Waals surface area contributed by atoms with Crippen molar-refractivity contribution in [2.75, 3.05) is 6.54 Å². The lowest BCUT2D eigenvalue weighted by Gasteiger charge is -2.35. The Hall–Kier alpha value is -1.35. The van der Waals surface area contributed by atoms with Crippen molar-refractivity contribution in [3.8, 4) is 0 Å². The largest absolute Gasteiger partial charge is 0.334 e. The number of amides is 1. The summed E-state index contributed by atoms with van der Waals surface area (Å²) >= 11 is 0. The number of hydrogen-bond donors (Lipinski definition) is 1. The lowest BCUT2D eigenvalue weighted by molar-refractivity contribution is -0.133. The number of carbonyl (C=O) groups excluding carboxylic acids is 1. The molecule has 2 atom stereocenters. The number of hydrogen-bond acceptors (Lipinski definition) is 2. The molecular weight excluding hydrogens is 248 g/mol. The minimum absolute atomic E-state index is 0.0206. The van der Waals surface area contributed by atoms with E-state index < -0.39 is 0 Å². The topological polar surface area (TPSA) is 46.3 Å². The van der Waals surface area contributed by atoms with E-state index in [0.29, 0.717) is 12.3 Å². The van der Waals surface area contributed by atoms with Crippen molar-refractivity contribution < 1.29 is 4.79 Å². The predicted octanol–water partition coefficient (Wildman–Crippen LogP) is 3.03. The van der Waals surface area contributed by atoms with Crippen molar-refractivity contribution in [2.45, 2.75) is 52.1 Å². The van der Waals surface area contributed by atoms with Crippen LogP contribution in [0.3, 0.4) is 0 Å². The third kappa shape index (κ3) is 3.40. The Kier molecular flexibility index (Phi) is 4.81. The molecule has 1 aliphatic heterocycles. The molecule has 2 rings (SSSR count). The summed E-state index contributed by atoms with van der Waals surface area (Å²) in [6.07, 6.45) is 2.44. The zero-order valence-electron chi connectivity index (χ0n) is 12.8. The summed E-state index contributed by atoms with van der Waals surface area (Å²) in [5.41, 5.74) is 8.79. The first-order valence-electron chi connectivity index (χ1n) is 7.60. The summed E-state index contributed by atoms with van der Waals surface area (Å²) in [5, 5.41) is 0. The average Bonchev–Trinajstić information content (AvgIpc) is 2.49. The quantitative estimate of drug-likeness (QED) is 0.921. The van der Waals surface area contributed by atoms with Crippen LogP contribution < -0.4 is 5.73 Å². The highest BCUT2D eigenvalue weighted by atomic mass is 16.2. The van der Waals surface area contributed by atoms with E-state index in [2.05, 4.69) is 45.0 Å². The number of aryl methyl sites for hydroxylation is 1. The standard InChI is InChI=1S/C17H26N2O/c1-12(2)11-19-16(20)9-5-8-15(18)17(19)14-7-4-6-13(3)10-14/h4,6-7,10,12,15,17H,5,8-9,11,18H2,1-3H3. The molecule has 2 unspecified atom stereocenters. The molecule has 1 amide bonds. The first kappa shape index (κ1) is 15.0. The molecule has 0 radical (unpaired) electrons. The van der Waals surface area contributed by atoms with Gasteiger partial charge >= 0.3 is 0 Å². The fraction of sp³-hybridized carbons (Fsp3) is 0.588. The van der Waals surface area contributed by atoms with Crippen molar-refractivity contribution in [1.82, 2.24) is 4.90 Å². The fourth-order valence-corrected chi connectivity index (χ4v) is 3.07. The van der Waals surface area contributed by atoms with Gasteiger partial charge in [-0.05, 0) is 31.2 Å². The molecule has 0 spiro atoms. The van der Waals surface area contributed by atoms with Gasteiger partial charge in [0.25, 0.3) is 0 Å². The van der Waals surface area contributed by atoms with Crippen LogP contribution in [0.5, 0.6) is 0 Å². The van der Waals surface area contributed by atoms with Gasteiger partial charge < -0.3 is 10.6 Å². The van der Waals surface area contributed by atoms with E-state index >= 15 is 0 Å². The van der Waals surface area contributed by atoms with E-state index in [1.807, 2.05) is 4.90 Å². The molecule has 0 aromatic heterocycles. The SMILES string of the molecule is Cc1cccc(C2C(N)CCCC(=O)N2CC(C)C)c1. The highest BCUT2D eigenvalue weighted by Gasteiger charge is 2.32. The van der Waals surface area contributed by atoms with Crippen molar-refractivity contribution in [1.29, 1.82) is 0 Å². The molecule has 3 heteroatoms. The number of nitrogens with zero attached hydrogens (tertiary/aromatic N) is 1. The maximum atomic E-state index is 12.4. The number of likely N-dealkylation sites (tertiary alicyclic amines) is 1. The summed E-state index contributed by atoms with van der Waals surface area (Å²) in [7, 11) is 0. The smallest absolute Gasteiger partial charge is 0.223 e. The Bertz CT molecular complexity index is 470. The van der Waals surface area contributed by atoms with Crippen molar-refractivity contribution >= 4 is 5.91 Å². The molecule has 1 aromatic carbocycles. The van der Waals surface area contributed by atoms with E-state index in [4.69, 9.17) is 5.73 Å². The van der Waals surface area contributed by atoms with Crippen LogP contribution in [0.1, 0.15) is 50.3 Å². The highest BCUT2D eigenvalue weighted by molar-refractivity contribution is 5.77. The lowest BCUT2D eigenvalue weighted by Crippen LogP contribution is -2.43. The van der Waals surface area contributed by atoms with E-state index in [9.17, 15) is 4.79 Å². The summed E-state index contributed by atoms with van der Waals surface area (Å²) in [6, 6.07) is 8.45. The zero-order valence-corrected chi connectivity index (χ0v) is 12.8. The molecule has 1 aliphatic rings. The monoisotopic (exact) mass is 274 g/mol. The summed E-state index contributed by atoms with van der Waals surface area (Å²) in [4.78, 5) is 14.4. The van der Waals surface area contributed by atoms with Crippen molar-refractivity contribution in [3.63, 3.8) is 0 Å². The molecule has 0 aliphatic carbocycles. The number of nitrogens with two attached hydrogens (primary N) is 1. The molecule has 20 heavy (non-hydrogen) atoms. The fourth-order valence-electron chi connectivity index (χ4n) is 3.07. The van der Waals surface area contributed by atoms with Gasteiger partial charge in [0, 0.05) is 19.0 Å². The molecule has 0 saturated carbocycles. The average molecular weight is 274 g/mol. The van der Waals surface area contributed by atoms with Gasteiger partial charge in [-0.25, -0.2) is 0 Å². The second-order valence-electron chi connectivity index (χ2n) is 6.36. The van der Waals surface area contributed by atoms with E-state index in [1.54, 1.807) is 0 Å². The van der Waals surface area contributed by atoms with Crippen LogP contribution in [-0.4, -0.2) is 23.4 Å². The van der Waals surface area contributed by atoms with Gasteiger partial charge in [0.05, 0.1) is 6.04 Å². The highest BCUT2D eigenvalue weighted by Crippen LogP contribution is 2.31. The van der Waals surface area contributed by atoms with E-state index in [0.717, 1.165) is 19.4 Å². The Morgan fingerprint density at radius 3 is 2.80 bits per heavy atom. The van der Waals surface area contributed by atoms with Crippen LogP contribution in [-0.2, 0) is 4.79 Å². The number of benzene rings is 1. The van der Waals surface area contributed by atoms with Crippen molar-refractivity contribution in [2.24, 2.45) is 11.7 Å². The van der Waals surface area contributed by atoms with Gasteiger partial charge in [-0.2, -0.15) is 0 Å².